The lowest BCUT2D eigenvalue weighted by Gasteiger charge is -2.13. The first-order valence-corrected chi connectivity index (χ1v) is 6.11. The number of hydrogen-bond donors (Lipinski definition) is 0. The second-order valence-electron chi connectivity index (χ2n) is 4.17. The Labute approximate surface area is 113 Å². The van der Waals surface area contributed by atoms with Gasteiger partial charge in [0, 0.05) is 12.0 Å². The third kappa shape index (κ3) is 2.99. The van der Waals surface area contributed by atoms with Crippen molar-refractivity contribution in [1.29, 1.82) is 0 Å². The van der Waals surface area contributed by atoms with Crippen LogP contribution in [-0.2, 0) is 6.42 Å². The first kappa shape index (κ1) is 13.3. The third-order valence-electron chi connectivity index (χ3n) is 3.04. The van der Waals surface area contributed by atoms with Crippen LogP contribution in [0.4, 0.5) is 0 Å². The van der Waals surface area contributed by atoms with Gasteiger partial charge in [0.1, 0.15) is 17.2 Å². The fraction of sp³-hybridized carbons (Fsp3) is 0.250. The van der Waals surface area contributed by atoms with Crippen molar-refractivity contribution in [2.45, 2.75) is 6.42 Å². The summed E-state index contributed by atoms with van der Waals surface area (Å²) in [6, 6.07) is 13.8. The van der Waals surface area contributed by atoms with Crippen LogP contribution < -0.4 is 14.2 Å². The fourth-order valence-electron chi connectivity index (χ4n) is 2.09. The summed E-state index contributed by atoms with van der Waals surface area (Å²) in [5, 5.41) is 0. The molecule has 0 unspecified atom stereocenters. The number of benzene rings is 2. The smallest absolute Gasteiger partial charge is 0.126 e. The molecule has 0 aliphatic heterocycles. The molecule has 2 aromatic carbocycles. The van der Waals surface area contributed by atoms with E-state index in [0.29, 0.717) is 0 Å². The lowest BCUT2D eigenvalue weighted by molar-refractivity contribution is 0.386. The number of ether oxygens (including phenoxy) is 3. The van der Waals surface area contributed by atoms with Gasteiger partial charge in [0.25, 0.3) is 0 Å². The second kappa shape index (κ2) is 6.14. The maximum absolute atomic E-state index is 5.41. The molecule has 2 aromatic rings. The molecule has 0 bridgehead atoms. The van der Waals surface area contributed by atoms with Crippen LogP contribution in [0, 0.1) is 0 Å². The molecular formula is C16H18O3. The highest BCUT2D eigenvalue weighted by Gasteiger charge is 2.10. The van der Waals surface area contributed by atoms with Gasteiger partial charge in [0.15, 0.2) is 0 Å². The zero-order valence-corrected chi connectivity index (χ0v) is 11.5. The van der Waals surface area contributed by atoms with Gasteiger partial charge in [0.2, 0.25) is 0 Å². The van der Waals surface area contributed by atoms with Crippen molar-refractivity contribution < 1.29 is 14.2 Å². The molecule has 3 heteroatoms. The molecule has 100 valence electrons. The van der Waals surface area contributed by atoms with Crippen LogP contribution in [0.2, 0.25) is 0 Å². The highest BCUT2D eigenvalue weighted by molar-refractivity contribution is 5.48. The highest BCUT2D eigenvalue weighted by Crippen LogP contribution is 2.31. The van der Waals surface area contributed by atoms with E-state index in [-0.39, 0.29) is 0 Å². The topological polar surface area (TPSA) is 27.7 Å². The standard InChI is InChI=1S/C16H18O3/c1-17-13-7-4-6-12(10-13)11-14-15(18-2)8-5-9-16(14)19-3/h4-10H,11H2,1-3H3. The van der Waals surface area contributed by atoms with Gasteiger partial charge in [-0.3, -0.25) is 0 Å². The summed E-state index contributed by atoms with van der Waals surface area (Å²) in [6.07, 6.45) is 0.740. The average Bonchev–Trinajstić information content (AvgIpc) is 2.47. The van der Waals surface area contributed by atoms with Crippen molar-refractivity contribution in [2.75, 3.05) is 21.3 Å². The molecule has 19 heavy (non-hydrogen) atoms. The third-order valence-corrected chi connectivity index (χ3v) is 3.04. The maximum atomic E-state index is 5.41. The SMILES string of the molecule is COc1cccc(Cc2c(OC)cccc2OC)c1. The largest absolute Gasteiger partial charge is 0.497 e. The van der Waals surface area contributed by atoms with Crippen molar-refractivity contribution in [3.8, 4) is 17.2 Å². The molecular weight excluding hydrogens is 240 g/mol. The van der Waals surface area contributed by atoms with E-state index in [4.69, 9.17) is 14.2 Å². The Morgan fingerprint density at radius 3 is 2.00 bits per heavy atom. The lowest BCUT2D eigenvalue weighted by Crippen LogP contribution is -1.98. The molecule has 0 atom stereocenters. The molecule has 0 saturated carbocycles. The molecule has 2 rings (SSSR count). The normalized spacial score (nSPS) is 10.1. The Morgan fingerprint density at radius 2 is 1.42 bits per heavy atom. The van der Waals surface area contributed by atoms with Gasteiger partial charge in [-0.25, -0.2) is 0 Å². The Hall–Kier alpha value is -2.16. The van der Waals surface area contributed by atoms with Crippen LogP contribution in [0.5, 0.6) is 17.2 Å². The number of hydrogen-bond acceptors (Lipinski definition) is 3. The predicted octanol–water partition coefficient (Wildman–Crippen LogP) is 3.30. The molecule has 0 fully saturated rings. The van der Waals surface area contributed by atoms with Crippen molar-refractivity contribution in [3.05, 3.63) is 53.6 Å². The monoisotopic (exact) mass is 258 g/mol. The van der Waals surface area contributed by atoms with Crippen molar-refractivity contribution in [1.82, 2.24) is 0 Å². The molecule has 0 spiro atoms. The van der Waals surface area contributed by atoms with Crippen molar-refractivity contribution in [2.24, 2.45) is 0 Å². The lowest BCUT2D eigenvalue weighted by atomic mass is 10.0. The van der Waals surface area contributed by atoms with Gasteiger partial charge in [-0.15, -0.1) is 0 Å². The zero-order valence-electron chi connectivity index (χ0n) is 11.5. The van der Waals surface area contributed by atoms with Gasteiger partial charge < -0.3 is 14.2 Å². The van der Waals surface area contributed by atoms with E-state index in [9.17, 15) is 0 Å². The van der Waals surface area contributed by atoms with Crippen LogP contribution in [0.1, 0.15) is 11.1 Å². The molecule has 0 aliphatic carbocycles. The molecule has 0 amide bonds. The second-order valence-corrected chi connectivity index (χ2v) is 4.17. The first-order chi connectivity index (χ1) is 9.28. The first-order valence-electron chi connectivity index (χ1n) is 6.11. The van der Waals surface area contributed by atoms with Crippen LogP contribution >= 0.6 is 0 Å². The molecule has 0 aliphatic rings. The van der Waals surface area contributed by atoms with Gasteiger partial charge in [-0.05, 0) is 29.8 Å². The van der Waals surface area contributed by atoms with Crippen LogP contribution in [0.3, 0.4) is 0 Å². The predicted molar refractivity (Wildman–Crippen MR) is 75.3 cm³/mol. The van der Waals surface area contributed by atoms with Gasteiger partial charge in [-0.2, -0.15) is 0 Å². The van der Waals surface area contributed by atoms with Gasteiger partial charge in [-0.1, -0.05) is 18.2 Å². The molecule has 0 N–H and O–H groups in total. The average molecular weight is 258 g/mol. The molecule has 0 aromatic heterocycles. The number of methoxy groups -OCH3 is 3. The van der Waals surface area contributed by atoms with Gasteiger partial charge in [0.05, 0.1) is 21.3 Å². The van der Waals surface area contributed by atoms with Gasteiger partial charge >= 0.3 is 0 Å². The number of rotatable bonds is 5. The van der Waals surface area contributed by atoms with E-state index >= 15 is 0 Å². The van der Waals surface area contributed by atoms with Crippen molar-refractivity contribution in [3.63, 3.8) is 0 Å². The highest BCUT2D eigenvalue weighted by atomic mass is 16.5. The minimum atomic E-state index is 0.740. The van der Waals surface area contributed by atoms with E-state index in [2.05, 4.69) is 6.07 Å². The summed E-state index contributed by atoms with van der Waals surface area (Å²) in [7, 11) is 5.01. The Kier molecular flexibility index (Phi) is 4.29. The maximum Gasteiger partial charge on any atom is 0.126 e. The summed E-state index contributed by atoms with van der Waals surface area (Å²) in [5.74, 6) is 2.52. The quantitative estimate of drug-likeness (QED) is 0.823. The Balaban J connectivity index is 2.36. The summed E-state index contributed by atoms with van der Waals surface area (Å²) < 4.78 is 16.1. The molecule has 0 heterocycles. The minimum absolute atomic E-state index is 0.740. The molecule has 0 radical (unpaired) electrons. The van der Waals surface area contributed by atoms with E-state index in [1.807, 2.05) is 36.4 Å². The van der Waals surface area contributed by atoms with Crippen LogP contribution in [-0.4, -0.2) is 21.3 Å². The summed E-state index contributed by atoms with van der Waals surface area (Å²) in [5.41, 5.74) is 2.20. The summed E-state index contributed by atoms with van der Waals surface area (Å²) in [6.45, 7) is 0. The van der Waals surface area contributed by atoms with Crippen molar-refractivity contribution >= 4 is 0 Å². The molecule has 3 nitrogen and oxygen atoms in total. The van der Waals surface area contributed by atoms with E-state index in [1.54, 1.807) is 21.3 Å². The van der Waals surface area contributed by atoms with E-state index in [1.165, 1.54) is 0 Å². The summed E-state index contributed by atoms with van der Waals surface area (Å²) in [4.78, 5) is 0. The van der Waals surface area contributed by atoms with E-state index in [0.717, 1.165) is 34.8 Å². The Morgan fingerprint density at radius 1 is 0.789 bits per heavy atom. The zero-order chi connectivity index (χ0) is 13.7. The molecule has 0 saturated heterocycles. The fourth-order valence-corrected chi connectivity index (χ4v) is 2.09. The van der Waals surface area contributed by atoms with E-state index < -0.39 is 0 Å². The van der Waals surface area contributed by atoms with Crippen LogP contribution in [0.15, 0.2) is 42.5 Å². The van der Waals surface area contributed by atoms with Crippen LogP contribution in [0.25, 0.3) is 0 Å². The Bertz CT molecular complexity index is 527. The minimum Gasteiger partial charge on any atom is -0.497 e. The summed E-state index contributed by atoms with van der Waals surface area (Å²) >= 11 is 0.